The van der Waals surface area contributed by atoms with E-state index in [-0.39, 0.29) is 31.3 Å². The Kier molecular flexibility index (Phi) is 7.50. The van der Waals surface area contributed by atoms with Crippen LogP contribution in [0.15, 0.2) is 48.5 Å². The molecule has 0 bridgehead atoms. The largest absolute Gasteiger partial charge is 0.481 e. The van der Waals surface area contributed by atoms with E-state index in [1.807, 2.05) is 43.3 Å². The van der Waals surface area contributed by atoms with E-state index in [1.165, 1.54) is 6.42 Å². The van der Waals surface area contributed by atoms with Gasteiger partial charge in [0.1, 0.15) is 12.6 Å². The molecule has 0 saturated heterocycles. The smallest absolute Gasteiger partial charge is 0.407 e. The maximum absolute atomic E-state index is 13.1. The lowest BCUT2D eigenvalue weighted by Gasteiger charge is -2.33. The van der Waals surface area contributed by atoms with Crippen molar-refractivity contribution in [3.63, 3.8) is 0 Å². The van der Waals surface area contributed by atoms with E-state index in [2.05, 4.69) is 17.4 Å². The van der Waals surface area contributed by atoms with Gasteiger partial charge in [0.2, 0.25) is 5.91 Å². The zero-order chi connectivity index (χ0) is 24.1. The molecular weight excluding hydrogens is 432 g/mol. The van der Waals surface area contributed by atoms with Gasteiger partial charge in [0.15, 0.2) is 0 Å². The molecule has 2 aliphatic carbocycles. The van der Waals surface area contributed by atoms with Gasteiger partial charge in [-0.3, -0.25) is 9.59 Å². The first-order valence-corrected chi connectivity index (χ1v) is 12.1. The minimum Gasteiger partial charge on any atom is -0.481 e. The summed E-state index contributed by atoms with van der Waals surface area (Å²) >= 11 is 0. The highest BCUT2D eigenvalue weighted by Gasteiger charge is 2.31. The lowest BCUT2D eigenvalue weighted by atomic mass is 9.85. The summed E-state index contributed by atoms with van der Waals surface area (Å²) in [7, 11) is 0. The van der Waals surface area contributed by atoms with Crippen molar-refractivity contribution in [3.05, 3.63) is 59.7 Å². The van der Waals surface area contributed by atoms with Crippen molar-refractivity contribution >= 4 is 18.0 Å². The van der Waals surface area contributed by atoms with Crippen molar-refractivity contribution in [3.8, 4) is 11.1 Å². The molecule has 2 amide bonds. The van der Waals surface area contributed by atoms with Crippen LogP contribution < -0.4 is 5.32 Å². The number of carbonyl (C=O) groups excluding carboxylic acids is 2. The molecule has 2 aliphatic rings. The summed E-state index contributed by atoms with van der Waals surface area (Å²) in [6.07, 6.45) is 2.50. The van der Waals surface area contributed by atoms with Gasteiger partial charge in [-0.05, 0) is 54.4 Å². The van der Waals surface area contributed by atoms with E-state index >= 15 is 0 Å². The van der Waals surface area contributed by atoms with Crippen molar-refractivity contribution in [2.75, 3.05) is 19.7 Å². The third kappa shape index (κ3) is 5.24. The van der Waals surface area contributed by atoms with Crippen molar-refractivity contribution in [2.24, 2.45) is 5.92 Å². The van der Waals surface area contributed by atoms with Gasteiger partial charge in [-0.2, -0.15) is 0 Å². The molecule has 1 fully saturated rings. The van der Waals surface area contributed by atoms with Crippen LogP contribution in [-0.4, -0.2) is 53.7 Å². The molecule has 180 valence electrons. The van der Waals surface area contributed by atoms with Gasteiger partial charge in [0.05, 0.1) is 0 Å². The van der Waals surface area contributed by atoms with E-state index in [4.69, 9.17) is 9.84 Å². The number of aliphatic carboxylic acids is 1. The van der Waals surface area contributed by atoms with Crippen LogP contribution in [0.1, 0.15) is 56.1 Å². The zero-order valence-electron chi connectivity index (χ0n) is 19.5. The normalized spacial score (nSPS) is 15.6. The number of nitrogens with zero attached hydrogens (tertiary/aromatic N) is 1. The second-order valence-electron chi connectivity index (χ2n) is 9.13. The Bertz CT molecular complexity index is 1000. The number of nitrogens with one attached hydrogen (secondary N) is 1. The highest BCUT2D eigenvalue weighted by molar-refractivity contribution is 5.86. The number of fused-ring (bicyclic) bond motifs is 3. The Morgan fingerprint density at radius 2 is 1.68 bits per heavy atom. The Labute approximate surface area is 200 Å². The topological polar surface area (TPSA) is 95.9 Å². The number of ether oxygens (including phenoxy) is 1. The molecule has 34 heavy (non-hydrogen) atoms. The number of hydrogen-bond acceptors (Lipinski definition) is 4. The van der Waals surface area contributed by atoms with Crippen molar-refractivity contribution in [2.45, 2.75) is 51.0 Å². The number of likely N-dealkylation sites (N-methyl/N-ethyl adjacent to an activating group) is 1. The van der Waals surface area contributed by atoms with Gasteiger partial charge >= 0.3 is 12.1 Å². The van der Waals surface area contributed by atoms with Crippen LogP contribution >= 0.6 is 0 Å². The minimum absolute atomic E-state index is 0.0273. The van der Waals surface area contributed by atoms with E-state index < -0.39 is 18.1 Å². The number of hydrogen-bond donors (Lipinski definition) is 2. The summed E-state index contributed by atoms with van der Waals surface area (Å²) in [4.78, 5) is 38.8. The van der Waals surface area contributed by atoms with Gasteiger partial charge < -0.3 is 20.1 Å². The fraction of sp³-hybridized carbons (Fsp3) is 0.444. The average Bonchev–Trinajstić information content (AvgIpc) is 3.13. The lowest BCUT2D eigenvalue weighted by molar-refractivity contribution is -0.138. The van der Waals surface area contributed by atoms with E-state index in [0.29, 0.717) is 19.0 Å². The summed E-state index contributed by atoms with van der Waals surface area (Å²) in [5, 5.41) is 11.8. The second-order valence-corrected chi connectivity index (χ2v) is 9.13. The summed E-state index contributed by atoms with van der Waals surface area (Å²) in [5.74, 6) is -0.853. The fourth-order valence-electron chi connectivity index (χ4n) is 4.89. The first-order valence-electron chi connectivity index (χ1n) is 12.1. The maximum atomic E-state index is 13.1. The highest BCUT2D eigenvalue weighted by atomic mass is 16.5. The SMILES string of the molecule is CCN(CC1CCC1)C(=O)C(CCC(=O)O)NC(=O)OCC1c2ccccc2-c2ccccc21. The molecule has 7 heteroatoms. The maximum Gasteiger partial charge on any atom is 0.407 e. The molecule has 0 aromatic heterocycles. The monoisotopic (exact) mass is 464 g/mol. The Balaban J connectivity index is 1.41. The lowest BCUT2D eigenvalue weighted by Crippen LogP contribution is -2.50. The molecule has 0 radical (unpaired) electrons. The van der Waals surface area contributed by atoms with Crippen LogP contribution in [0.4, 0.5) is 4.79 Å². The number of carbonyl (C=O) groups is 3. The third-order valence-electron chi connectivity index (χ3n) is 6.98. The molecule has 1 saturated carbocycles. The van der Waals surface area contributed by atoms with Crippen molar-refractivity contribution in [1.82, 2.24) is 10.2 Å². The second kappa shape index (κ2) is 10.7. The molecule has 2 aromatic carbocycles. The Hall–Kier alpha value is -3.35. The van der Waals surface area contributed by atoms with Crippen LogP contribution in [0.5, 0.6) is 0 Å². The number of alkyl carbamates (subject to hydrolysis) is 1. The summed E-state index contributed by atoms with van der Waals surface area (Å²) < 4.78 is 5.59. The van der Waals surface area contributed by atoms with E-state index in [0.717, 1.165) is 35.1 Å². The zero-order valence-corrected chi connectivity index (χ0v) is 19.5. The number of amides is 2. The molecule has 0 spiro atoms. The van der Waals surface area contributed by atoms with Gasteiger partial charge in [-0.1, -0.05) is 55.0 Å². The standard InChI is InChI=1S/C27H32N2O5/c1-2-29(16-18-8-7-9-18)26(32)24(14-15-25(30)31)28-27(33)34-17-23-21-12-5-3-10-19(21)20-11-4-6-13-22(20)23/h3-6,10-13,18,23-24H,2,7-9,14-17H2,1H3,(H,28,33)(H,30,31). The predicted octanol–water partition coefficient (Wildman–Crippen LogP) is 4.41. The molecule has 7 nitrogen and oxygen atoms in total. The van der Waals surface area contributed by atoms with Gasteiger partial charge in [-0.25, -0.2) is 4.79 Å². The number of carboxylic acid groups (broad SMARTS) is 1. The van der Waals surface area contributed by atoms with Crippen LogP contribution in [0.2, 0.25) is 0 Å². The summed E-state index contributed by atoms with van der Waals surface area (Å²) in [6, 6.07) is 15.2. The fourth-order valence-corrected chi connectivity index (χ4v) is 4.89. The van der Waals surface area contributed by atoms with Crippen LogP contribution in [0.25, 0.3) is 11.1 Å². The minimum atomic E-state index is -1.01. The van der Waals surface area contributed by atoms with Crippen molar-refractivity contribution in [1.29, 1.82) is 0 Å². The highest BCUT2D eigenvalue weighted by Crippen LogP contribution is 2.44. The van der Waals surface area contributed by atoms with E-state index in [9.17, 15) is 14.4 Å². The number of benzene rings is 2. The van der Waals surface area contributed by atoms with Crippen LogP contribution in [0.3, 0.4) is 0 Å². The molecule has 2 N–H and O–H groups in total. The van der Waals surface area contributed by atoms with Gasteiger partial charge in [0, 0.05) is 25.4 Å². The Morgan fingerprint density at radius 1 is 1.06 bits per heavy atom. The molecule has 2 aromatic rings. The summed E-state index contributed by atoms with van der Waals surface area (Å²) in [5.41, 5.74) is 4.48. The first kappa shape index (κ1) is 23.8. The first-order chi connectivity index (χ1) is 16.5. The molecule has 0 heterocycles. The Morgan fingerprint density at radius 3 is 2.21 bits per heavy atom. The average molecular weight is 465 g/mol. The quantitative estimate of drug-likeness (QED) is 0.543. The van der Waals surface area contributed by atoms with Gasteiger partial charge in [0.25, 0.3) is 0 Å². The van der Waals surface area contributed by atoms with Crippen LogP contribution in [-0.2, 0) is 14.3 Å². The number of rotatable bonds is 10. The molecule has 1 unspecified atom stereocenters. The van der Waals surface area contributed by atoms with Crippen molar-refractivity contribution < 1.29 is 24.2 Å². The van der Waals surface area contributed by atoms with Gasteiger partial charge in [-0.15, -0.1) is 0 Å². The predicted molar refractivity (Wildman–Crippen MR) is 128 cm³/mol. The number of carboxylic acids is 1. The molecule has 0 aliphatic heterocycles. The third-order valence-corrected chi connectivity index (χ3v) is 6.98. The summed E-state index contributed by atoms with van der Waals surface area (Å²) in [6.45, 7) is 3.20. The molecule has 4 rings (SSSR count). The molecular formula is C27H32N2O5. The molecule has 1 atom stereocenters. The van der Waals surface area contributed by atoms with Crippen LogP contribution in [0, 0.1) is 5.92 Å². The van der Waals surface area contributed by atoms with E-state index in [1.54, 1.807) is 4.90 Å².